The van der Waals surface area contributed by atoms with Gasteiger partial charge >= 0.3 is 21.1 Å². The topological polar surface area (TPSA) is 85.3 Å². The Morgan fingerprint density at radius 1 is 0.467 bits per heavy atom. The van der Waals surface area contributed by atoms with Gasteiger partial charge in [-0.1, -0.05) is 102 Å². The molecule has 3 aromatic heterocycles. The second-order valence-corrected chi connectivity index (χ2v) is 10.8. The molecule has 0 radical (unpaired) electrons. The zero-order chi connectivity index (χ0) is 29.3. The maximum absolute atomic E-state index is 6.39. The van der Waals surface area contributed by atoms with Crippen molar-refractivity contribution in [3.05, 3.63) is 148 Å². The fraction of sp³-hybridized carbons (Fsp3) is 0.108. The molecule has 45 heavy (non-hydrogen) atoms. The Hall–Kier alpha value is -5.00. The van der Waals surface area contributed by atoms with Crippen LogP contribution in [0.15, 0.2) is 116 Å². The second-order valence-electron chi connectivity index (χ2n) is 10.8. The molecular weight excluding hydrogens is 742 g/mol. The van der Waals surface area contributed by atoms with Gasteiger partial charge in [0.25, 0.3) is 0 Å². The Morgan fingerprint density at radius 3 is 1.78 bits per heavy atom. The third kappa shape index (κ3) is 5.79. The SMILES string of the molecule is [Pt+2].c1ccc(Oc2cccc(Oc3cccc4c3[N-]c3c(cccc3-c3cccc5c3[N-]c3ncccc3CC5)CC4)n2)nc1. The molecule has 0 fully saturated rings. The number of pyridine rings is 3. The van der Waals surface area contributed by atoms with Gasteiger partial charge in [-0.2, -0.15) is 4.98 Å². The first-order valence-electron chi connectivity index (χ1n) is 14.8. The number of rotatable bonds is 5. The number of hydrogen-bond donors (Lipinski definition) is 0. The quantitative estimate of drug-likeness (QED) is 0.174. The number of aryl methyl sites for hydroxylation is 4. The van der Waals surface area contributed by atoms with Crippen molar-refractivity contribution < 1.29 is 30.5 Å². The van der Waals surface area contributed by atoms with E-state index in [2.05, 4.69) is 63.5 Å². The van der Waals surface area contributed by atoms with Gasteiger partial charge in [0.2, 0.25) is 17.6 Å². The van der Waals surface area contributed by atoms with E-state index in [0.29, 0.717) is 23.4 Å². The Labute approximate surface area is 276 Å². The summed E-state index contributed by atoms with van der Waals surface area (Å²) in [5.74, 6) is 2.72. The van der Waals surface area contributed by atoms with E-state index in [9.17, 15) is 0 Å². The van der Waals surface area contributed by atoms with Crippen molar-refractivity contribution in [3.8, 4) is 34.5 Å². The number of ether oxygens (including phenoxy) is 2. The van der Waals surface area contributed by atoms with Gasteiger partial charge in [0, 0.05) is 24.4 Å². The van der Waals surface area contributed by atoms with Crippen molar-refractivity contribution in [3.63, 3.8) is 0 Å². The van der Waals surface area contributed by atoms with Gasteiger partial charge in [0.05, 0.1) is 0 Å². The first kappa shape index (κ1) is 28.8. The number of nitrogens with zero attached hydrogens (tertiary/aromatic N) is 5. The summed E-state index contributed by atoms with van der Waals surface area (Å²) in [5.41, 5.74) is 9.53. The van der Waals surface area contributed by atoms with Gasteiger partial charge in [-0.15, -0.1) is 5.69 Å². The Kier molecular flexibility index (Phi) is 8.01. The molecule has 0 atom stereocenters. The summed E-state index contributed by atoms with van der Waals surface area (Å²) in [4.78, 5) is 13.4. The second kappa shape index (κ2) is 12.5. The predicted molar refractivity (Wildman–Crippen MR) is 171 cm³/mol. The van der Waals surface area contributed by atoms with Crippen LogP contribution in [0, 0.1) is 0 Å². The standard InChI is InChI=1S/C37H27N5O2.Pt/c1-2-22-38-31(15-1)44-33-17-6-16-32(40-33)43-30-14-5-10-26-19-18-24-8-3-12-28(34(24)41-36(26)30)29-13-4-9-25-20-21-27-11-7-23-39-37(27)42-35(25)29;/h1-17,22-23H,18-21H2;/q-2;+2. The molecule has 3 aromatic carbocycles. The minimum atomic E-state index is 0. The van der Waals surface area contributed by atoms with Gasteiger partial charge in [-0.25, -0.2) is 4.98 Å². The van der Waals surface area contributed by atoms with Gasteiger partial charge in [0.1, 0.15) is 5.75 Å². The molecule has 0 N–H and O–H groups in total. The minimum Gasteiger partial charge on any atom is -0.654 e. The Morgan fingerprint density at radius 2 is 1.04 bits per heavy atom. The third-order valence-electron chi connectivity index (χ3n) is 8.01. The first-order valence-corrected chi connectivity index (χ1v) is 14.8. The molecule has 6 aromatic rings. The summed E-state index contributed by atoms with van der Waals surface area (Å²) in [6.45, 7) is 0. The van der Waals surface area contributed by atoms with E-state index in [1.54, 1.807) is 18.3 Å². The number of hydrogen-bond acceptors (Lipinski definition) is 5. The van der Waals surface area contributed by atoms with Crippen molar-refractivity contribution in [1.82, 2.24) is 15.0 Å². The average molecular weight is 769 g/mol. The largest absolute Gasteiger partial charge is 2.00 e. The molecule has 0 bridgehead atoms. The van der Waals surface area contributed by atoms with Crippen LogP contribution in [0.4, 0.5) is 22.9 Å². The summed E-state index contributed by atoms with van der Waals surface area (Å²) in [7, 11) is 0. The summed E-state index contributed by atoms with van der Waals surface area (Å²) in [6.07, 6.45) is 7.03. The first-order chi connectivity index (χ1) is 21.8. The smallest absolute Gasteiger partial charge is 0.654 e. The molecule has 0 amide bonds. The number of benzene rings is 3. The molecule has 0 saturated carbocycles. The van der Waals surface area contributed by atoms with E-state index in [-0.39, 0.29) is 21.1 Å². The Bertz CT molecular complexity index is 2000. The van der Waals surface area contributed by atoms with E-state index in [1.165, 1.54) is 16.7 Å². The van der Waals surface area contributed by atoms with Crippen LogP contribution >= 0.6 is 0 Å². The number of fused-ring (bicyclic) bond motifs is 4. The van der Waals surface area contributed by atoms with E-state index < -0.39 is 0 Å². The molecule has 2 aliphatic heterocycles. The van der Waals surface area contributed by atoms with Crippen molar-refractivity contribution in [2.24, 2.45) is 0 Å². The fourth-order valence-electron chi connectivity index (χ4n) is 5.88. The van der Waals surface area contributed by atoms with Crippen LogP contribution in [-0.4, -0.2) is 15.0 Å². The van der Waals surface area contributed by atoms with Crippen LogP contribution in [0.5, 0.6) is 23.4 Å². The average Bonchev–Trinajstić information content (AvgIpc) is 3.38. The van der Waals surface area contributed by atoms with Gasteiger partial charge in [0.15, 0.2) is 0 Å². The van der Waals surface area contributed by atoms with Gasteiger partial charge < -0.3 is 25.1 Å². The van der Waals surface area contributed by atoms with Crippen LogP contribution in [0.1, 0.15) is 22.3 Å². The van der Waals surface area contributed by atoms with E-state index in [0.717, 1.165) is 65.3 Å². The molecule has 2 aliphatic rings. The van der Waals surface area contributed by atoms with Crippen LogP contribution in [-0.2, 0) is 46.7 Å². The fourth-order valence-corrected chi connectivity index (χ4v) is 5.88. The van der Waals surface area contributed by atoms with E-state index in [1.807, 2.05) is 48.7 Å². The van der Waals surface area contributed by atoms with Crippen LogP contribution in [0.3, 0.4) is 0 Å². The van der Waals surface area contributed by atoms with Crippen LogP contribution in [0.25, 0.3) is 21.8 Å². The van der Waals surface area contributed by atoms with Crippen molar-refractivity contribution in [1.29, 1.82) is 0 Å². The van der Waals surface area contributed by atoms with Crippen molar-refractivity contribution >= 4 is 22.9 Å². The molecule has 8 heteroatoms. The molecule has 0 saturated heterocycles. The minimum absolute atomic E-state index is 0. The summed E-state index contributed by atoms with van der Waals surface area (Å²) >= 11 is 0. The van der Waals surface area contributed by atoms with Gasteiger partial charge in [-0.3, -0.25) is 0 Å². The maximum atomic E-state index is 6.39. The van der Waals surface area contributed by atoms with Crippen LogP contribution < -0.4 is 9.47 Å². The molecule has 222 valence electrons. The summed E-state index contributed by atoms with van der Waals surface area (Å²) < 4.78 is 12.2. The third-order valence-corrected chi connectivity index (χ3v) is 8.01. The normalized spacial score (nSPS) is 12.7. The molecule has 8 rings (SSSR count). The predicted octanol–water partition coefficient (Wildman–Crippen LogP) is 9.99. The van der Waals surface area contributed by atoms with Gasteiger partial charge in [-0.05, 0) is 65.8 Å². The van der Waals surface area contributed by atoms with Crippen molar-refractivity contribution in [2.75, 3.05) is 0 Å². The zero-order valence-corrected chi connectivity index (χ0v) is 26.4. The van der Waals surface area contributed by atoms with E-state index in [4.69, 9.17) is 20.1 Å². The number of aromatic nitrogens is 3. The molecule has 7 nitrogen and oxygen atoms in total. The van der Waals surface area contributed by atoms with Crippen molar-refractivity contribution in [2.45, 2.75) is 25.7 Å². The monoisotopic (exact) mass is 768 g/mol. The molecule has 0 unspecified atom stereocenters. The maximum Gasteiger partial charge on any atom is 2.00 e. The summed E-state index contributed by atoms with van der Waals surface area (Å²) in [5, 5.41) is 10.4. The molecule has 5 heterocycles. The molecule has 0 aliphatic carbocycles. The van der Waals surface area contributed by atoms with Crippen LogP contribution in [0.2, 0.25) is 0 Å². The van der Waals surface area contributed by atoms with E-state index >= 15 is 0 Å². The molecule has 0 spiro atoms. The molecular formula is C37H27N5O2Pt. The number of para-hydroxylation sites is 3. The Balaban J connectivity index is 0.00000325. The zero-order valence-electron chi connectivity index (χ0n) is 24.2. The summed E-state index contributed by atoms with van der Waals surface area (Å²) in [6, 6.07) is 34.0.